The molecule has 1 N–H and O–H groups in total. The van der Waals surface area contributed by atoms with Crippen LogP contribution in [-0.4, -0.2) is 13.1 Å². The summed E-state index contributed by atoms with van der Waals surface area (Å²) in [7, 11) is 0. The Hall–Kier alpha value is -0.820. The van der Waals surface area contributed by atoms with E-state index in [1.165, 1.54) is 36.8 Å². The van der Waals surface area contributed by atoms with Crippen LogP contribution < -0.4 is 5.32 Å². The number of hydrogen-bond donors (Lipinski definition) is 1. The molecule has 1 aromatic rings. The van der Waals surface area contributed by atoms with Gasteiger partial charge in [-0.15, -0.1) is 0 Å². The minimum Gasteiger partial charge on any atom is -0.316 e. The molecule has 1 heteroatoms. The first-order valence-corrected chi connectivity index (χ1v) is 7.04. The molecule has 0 aliphatic heterocycles. The topological polar surface area (TPSA) is 12.0 Å². The van der Waals surface area contributed by atoms with Crippen molar-refractivity contribution in [1.29, 1.82) is 0 Å². The zero-order chi connectivity index (χ0) is 12.5. The normalized spacial score (nSPS) is 12.6. The van der Waals surface area contributed by atoms with Crippen LogP contribution in [0.3, 0.4) is 0 Å². The van der Waals surface area contributed by atoms with Crippen molar-refractivity contribution in [2.75, 3.05) is 13.1 Å². The average Bonchev–Trinajstić information content (AvgIpc) is 2.30. The summed E-state index contributed by atoms with van der Waals surface area (Å²) in [5.41, 5.74) is 2.97. The van der Waals surface area contributed by atoms with E-state index < -0.39 is 0 Å². The van der Waals surface area contributed by atoms with Gasteiger partial charge in [0.25, 0.3) is 0 Å². The van der Waals surface area contributed by atoms with Crippen molar-refractivity contribution in [1.82, 2.24) is 5.32 Å². The Morgan fingerprint density at radius 2 is 1.88 bits per heavy atom. The lowest BCUT2D eigenvalue weighted by molar-refractivity contribution is 0.510. The quantitative estimate of drug-likeness (QED) is 0.673. The highest BCUT2D eigenvalue weighted by atomic mass is 14.8. The van der Waals surface area contributed by atoms with E-state index >= 15 is 0 Å². The van der Waals surface area contributed by atoms with Gasteiger partial charge in [0.1, 0.15) is 0 Å². The summed E-state index contributed by atoms with van der Waals surface area (Å²) in [4.78, 5) is 0. The van der Waals surface area contributed by atoms with Gasteiger partial charge in [0.15, 0.2) is 0 Å². The van der Waals surface area contributed by atoms with E-state index in [4.69, 9.17) is 0 Å². The molecule has 1 rings (SSSR count). The third kappa shape index (κ3) is 5.88. The van der Waals surface area contributed by atoms with E-state index in [0.29, 0.717) is 0 Å². The van der Waals surface area contributed by atoms with Crippen LogP contribution in [0.2, 0.25) is 0 Å². The first-order valence-electron chi connectivity index (χ1n) is 7.04. The molecule has 0 radical (unpaired) electrons. The van der Waals surface area contributed by atoms with Crippen molar-refractivity contribution < 1.29 is 0 Å². The van der Waals surface area contributed by atoms with Crippen LogP contribution in [0.15, 0.2) is 24.3 Å². The van der Waals surface area contributed by atoms with Crippen LogP contribution in [0.5, 0.6) is 0 Å². The molecule has 0 saturated heterocycles. The molecule has 0 aliphatic carbocycles. The highest BCUT2D eigenvalue weighted by Crippen LogP contribution is 2.12. The molecule has 0 spiro atoms. The third-order valence-corrected chi connectivity index (χ3v) is 3.03. The van der Waals surface area contributed by atoms with E-state index in [2.05, 4.69) is 50.4 Å². The van der Waals surface area contributed by atoms with Crippen LogP contribution in [0.25, 0.3) is 0 Å². The molecule has 0 bridgehead atoms. The number of hydrogen-bond acceptors (Lipinski definition) is 1. The molecular formula is C16H27N. The SMILES string of the molecule is CCCNCC(C)Cc1cccc(CCC)c1. The fourth-order valence-corrected chi connectivity index (χ4v) is 2.20. The van der Waals surface area contributed by atoms with Crippen molar-refractivity contribution in [3.63, 3.8) is 0 Å². The predicted octanol–water partition coefficient (Wildman–Crippen LogP) is 3.82. The van der Waals surface area contributed by atoms with E-state index in [0.717, 1.165) is 19.0 Å². The summed E-state index contributed by atoms with van der Waals surface area (Å²) >= 11 is 0. The Morgan fingerprint density at radius 1 is 1.12 bits per heavy atom. The van der Waals surface area contributed by atoms with E-state index in [9.17, 15) is 0 Å². The van der Waals surface area contributed by atoms with Crippen LogP contribution in [0.1, 0.15) is 44.7 Å². The monoisotopic (exact) mass is 233 g/mol. The second kappa shape index (κ2) is 8.30. The minimum absolute atomic E-state index is 0.721. The van der Waals surface area contributed by atoms with Crippen LogP contribution in [0.4, 0.5) is 0 Å². The fraction of sp³-hybridized carbons (Fsp3) is 0.625. The fourth-order valence-electron chi connectivity index (χ4n) is 2.20. The van der Waals surface area contributed by atoms with Gasteiger partial charge in [0.05, 0.1) is 0 Å². The molecule has 0 fully saturated rings. The van der Waals surface area contributed by atoms with Gasteiger partial charge in [-0.25, -0.2) is 0 Å². The van der Waals surface area contributed by atoms with Crippen molar-refractivity contribution in [3.8, 4) is 0 Å². The van der Waals surface area contributed by atoms with Crippen molar-refractivity contribution in [3.05, 3.63) is 35.4 Å². The van der Waals surface area contributed by atoms with Gasteiger partial charge in [-0.1, -0.05) is 51.5 Å². The van der Waals surface area contributed by atoms with Gasteiger partial charge in [-0.3, -0.25) is 0 Å². The lowest BCUT2D eigenvalue weighted by atomic mass is 9.98. The molecule has 0 saturated carbocycles. The summed E-state index contributed by atoms with van der Waals surface area (Å²) < 4.78 is 0. The maximum atomic E-state index is 3.49. The van der Waals surface area contributed by atoms with Crippen molar-refractivity contribution in [2.24, 2.45) is 5.92 Å². The summed E-state index contributed by atoms with van der Waals surface area (Å²) in [6.07, 6.45) is 4.85. The van der Waals surface area contributed by atoms with Crippen LogP contribution in [-0.2, 0) is 12.8 Å². The smallest absolute Gasteiger partial charge is 0.00200 e. The Morgan fingerprint density at radius 3 is 2.59 bits per heavy atom. The summed E-state index contributed by atoms with van der Waals surface area (Å²) in [5.74, 6) is 0.721. The molecule has 96 valence electrons. The van der Waals surface area contributed by atoms with Gasteiger partial charge >= 0.3 is 0 Å². The molecule has 1 unspecified atom stereocenters. The lowest BCUT2D eigenvalue weighted by Crippen LogP contribution is -2.23. The molecule has 0 heterocycles. The largest absolute Gasteiger partial charge is 0.316 e. The number of aryl methyl sites for hydroxylation is 1. The molecule has 1 nitrogen and oxygen atoms in total. The van der Waals surface area contributed by atoms with E-state index in [1.54, 1.807) is 0 Å². The van der Waals surface area contributed by atoms with E-state index in [1.807, 2.05) is 0 Å². The van der Waals surface area contributed by atoms with Gasteiger partial charge < -0.3 is 5.32 Å². The Kier molecular flexibility index (Phi) is 6.95. The molecule has 0 aromatic heterocycles. The number of rotatable bonds is 8. The van der Waals surface area contributed by atoms with E-state index in [-0.39, 0.29) is 0 Å². The maximum absolute atomic E-state index is 3.49. The zero-order valence-electron chi connectivity index (χ0n) is 11.6. The highest BCUT2D eigenvalue weighted by Gasteiger charge is 2.03. The molecule has 17 heavy (non-hydrogen) atoms. The van der Waals surface area contributed by atoms with Gasteiger partial charge in [-0.2, -0.15) is 0 Å². The van der Waals surface area contributed by atoms with Gasteiger partial charge in [0.2, 0.25) is 0 Å². The second-order valence-electron chi connectivity index (χ2n) is 5.08. The first-order chi connectivity index (χ1) is 8.26. The zero-order valence-corrected chi connectivity index (χ0v) is 11.6. The molecule has 0 aliphatic rings. The maximum Gasteiger partial charge on any atom is -0.00200 e. The summed E-state index contributed by atoms with van der Waals surface area (Å²) in [6, 6.07) is 9.08. The van der Waals surface area contributed by atoms with Crippen LogP contribution in [0, 0.1) is 5.92 Å². The third-order valence-electron chi connectivity index (χ3n) is 3.03. The molecule has 1 atom stereocenters. The van der Waals surface area contributed by atoms with Crippen molar-refractivity contribution >= 4 is 0 Å². The molecular weight excluding hydrogens is 206 g/mol. The number of benzene rings is 1. The molecule has 1 aromatic carbocycles. The predicted molar refractivity (Wildman–Crippen MR) is 76.5 cm³/mol. The summed E-state index contributed by atoms with van der Waals surface area (Å²) in [6.45, 7) is 9.05. The highest BCUT2D eigenvalue weighted by molar-refractivity contribution is 5.24. The average molecular weight is 233 g/mol. The molecule has 0 amide bonds. The van der Waals surface area contributed by atoms with Gasteiger partial charge in [0, 0.05) is 0 Å². The van der Waals surface area contributed by atoms with Crippen LogP contribution >= 0.6 is 0 Å². The Bertz CT molecular complexity index is 306. The minimum atomic E-state index is 0.721. The lowest BCUT2D eigenvalue weighted by Gasteiger charge is -2.13. The number of nitrogens with one attached hydrogen (secondary N) is 1. The first kappa shape index (κ1) is 14.2. The van der Waals surface area contributed by atoms with Crippen molar-refractivity contribution in [2.45, 2.75) is 46.5 Å². The second-order valence-corrected chi connectivity index (χ2v) is 5.08. The Labute approximate surface area is 107 Å². The standard InChI is InChI=1S/C16H27N/c1-4-7-15-8-6-9-16(12-15)11-14(3)13-17-10-5-2/h6,8-9,12,14,17H,4-5,7,10-11,13H2,1-3H3. The Balaban J connectivity index is 2.41. The summed E-state index contributed by atoms with van der Waals surface area (Å²) in [5, 5.41) is 3.49. The van der Waals surface area contributed by atoms with Gasteiger partial charge in [-0.05, 0) is 49.4 Å².